The van der Waals surface area contributed by atoms with Crippen molar-refractivity contribution in [3.63, 3.8) is 0 Å². The second-order valence-corrected chi connectivity index (χ2v) is 6.46. The molecule has 2 heterocycles. The molecule has 0 bridgehead atoms. The van der Waals surface area contributed by atoms with Crippen LogP contribution in [0.25, 0.3) is 0 Å². The number of hydrogen-bond donors (Lipinski definition) is 2. The van der Waals surface area contributed by atoms with Crippen molar-refractivity contribution < 1.29 is 4.79 Å². The number of anilines is 2. The summed E-state index contributed by atoms with van der Waals surface area (Å²) in [6.45, 7) is 5.19. The predicted molar refractivity (Wildman–Crippen MR) is 95.8 cm³/mol. The number of fused-ring (bicyclic) bond motifs is 1. The lowest BCUT2D eigenvalue weighted by Crippen LogP contribution is -2.25. The van der Waals surface area contributed by atoms with Crippen LogP contribution in [0.2, 0.25) is 0 Å². The molecule has 2 N–H and O–H groups in total. The first-order valence-corrected chi connectivity index (χ1v) is 8.35. The number of aryl methyl sites for hydroxylation is 2. The zero-order valence-electron chi connectivity index (χ0n) is 14.5. The maximum atomic E-state index is 12.2. The molecule has 128 valence electrons. The molecule has 0 unspecified atom stereocenters. The number of carbonyl (C=O) groups is 1. The smallest absolute Gasteiger partial charge is 0.325 e. The van der Waals surface area contributed by atoms with E-state index in [2.05, 4.69) is 34.4 Å². The van der Waals surface area contributed by atoms with Crippen molar-refractivity contribution in [2.45, 2.75) is 39.7 Å². The first kappa shape index (κ1) is 16.4. The summed E-state index contributed by atoms with van der Waals surface area (Å²) in [5.74, 6) is -0.0794. The van der Waals surface area contributed by atoms with E-state index < -0.39 is 0 Å². The summed E-state index contributed by atoms with van der Waals surface area (Å²) in [6, 6.07) is 6.06. The molecule has 1 amide bonds. The van der Waals surface area contributed by atoms with E-state index in [1.165, 1.54) is 11.3 Å². The van der Waals surface area contributed by atoms with Gasteiger partial charge in [-0.05, 0) is 50.5 Å². The van der Waals surface area contributed by atoms with E-state index in [1.807, 2.05) is 19.9 Å². The van der Waals surface area contributed by atoms with Gasteiger partial charge in [-0.1, -0.05) is 0 Å². The Labute approximate surface area is 141 Å². The van der Waals surface area contributed by atoms with E-state index in [-0.39, 0.29) is 18.0 Å². The molecule has 0 saturated heterocycles. The van der Waals surface area contributed by atoms with Gasteiger partial charge in [0, 0.05) is 49.3 Å². The number of H-pyrrole nitrogens is 1. The van der Waals surface area contributed by atoms with Gasteiger partial charge in [0.05, 0.1) is 0 Å². The van der Waals surface area contributed by atoms with Crippen LogP contribution < -0.4 is 15.9 Å². The van der Waals surface area contributed by atoms with Crippen LogP contribution in [-0.4, -0.2) is 29.1 Å². The zero-order chi connectivity index (χ0) is 17.3. The highest BCUT2D eigenvalue weighted by Gasteiger charge is 2.14. The second kappa shape index (κ2) is 6.55. The summed E-state index contributed by atoms with van der Waals surface area (Å²) in [4.78, 5) is 29.0. The van der Waals surface area contributed by atoms with Gasteiger partial charge in [0.1, 0.15) is 0 Å². The van der Waals surface area contributed by atoms with Crippen LogP contribution in [0.1, 0.15) is 29.8 Å². The van der Waals surface area contributed by atoms with Gasteiger partial charge < -0.3 is 15.2 Å². The van der Waals surface area contributed by atoms with Crippen LogP contribution in [0.15, 0.2) is 23.0 Å². The number of rotatable bonds is 4. The third-order valence-electron chi connectivity index (χ3n) is 4.76. The lowest BCUT2D eigenvalue weighted by atomic mass is 10.0. The monoisotopic (exact) mass is 328 g/mol. The van der Waals surface area contributed by atoms with Gasteiger partial charge in [-0.15, -0.1) is 0 Å². The molecular weight excluding hydrogens is 304 g/mol. The number of benzene rings is 1. The maximum Gasteiger partial charge on any atom is 0.325 e. The molecular formula is C18H24N4O2. The van der Waals surface area contributed by atoms with Crippen molar-refractivity contribution in [1.82, 2.24) is 9.55 Å². The summed E-state index contributed by atoms with van der Waals surface area (Å²) in [5, 5.41) is 2.94. The Morgan fingerprint density at radius 2 is 2.12 bits per heavy atom. The molecule has 0 spiro atoms. The topological polar surface area (TPSA) is 70.1 Å². The Bertz CT molecular complexity index is 819. The van der Waals surface area contributed by atoms with Gasteiger partial charge in [0.15, 0.2) is 0 Å². The summed E-state index contributed by atoms with van der Waals surface area (Å²) in [6.07, 6.45) is 2.45. The predicted octanol–water partition coefficient (Wildman–Crippen LogP) is 2.20. The average molecular weight is 328 g/mol. The van der Waals surface area contributed by atoms with Crippen LogP contribution in [0.5, 0.6) is 0 Å². The number of hydrogen-bond acceptors (Lipinski definition) is 3. The number of aromatic amines is 1. The van der Waals surface area contributed by atoms with Crippen molar-refractivity contribution in [2.24, 2.45) is 0 Å². The lowest BCUT2D eigenvalue weighted by molar-refractivity contribution is -0.116. The minimum Gasteiger partial charge on any atom is -0.374 e. The minimum atomic E-state index is -0.158. The molecule has 24 heavy (non-hydrogen) atoms. The number of aromatic nitrogens is 2. The van der Waals surface area contributed by atoms with Gasteiger partial charge in [0.2, 0.25) is 5.91 Å². The fourth-order valence-electron chi connectivity index (χ4n) is 3.24. The van der Waals surface area contributed by atoms with E-state index in [9.17, 15) is 9.59 Å². The summed E-state index contributed by atoms with van der Waals surface area (Å²) >= 11 is 0. The third kappa shape index (κ3) is 3.22. The van der Waals surface area contributed by atoms with E-state index in [1.54, 1.807) is 4.57 Å². The number of nitrogens with zero attached hydrogens (tertiary/aromatic N) is 2. The Morgan fingerprint density at radius 3 is 2.83 bits per heavy atom. The largest absolute Gasteiger partial charge is 0.374 e. The number of carbonyl (C=O) groups excluding carboxylic acids is 1. The van der Waals surface area contributed by atoms with Gasteiger partial charge in [-0.2, -0.15) is 0 Å². The van der Waals surface area contributed by atoms with Crippen molar-refractivity contribution in [3.05, 3.63) is 45.6 Å². The highest BCUT2D eigenvalue weighted by Crippen LogP contribution is 2.28. The van der Waals surface area contributed by atoms with Crippen molar-refractivity contribution in [1.29, 1.82) is 0 Å². The molecule has 1 aliphatic heterocycles. The number of amides is 1. The first-order chi connectivity index (χ1) is 11.5. The molecule has 2 aromatic rings. The molecule has 0 fully saturated rings. The molecule has 0 aliphatic carbocycles. The highest BCUT2D eigenvalue weighted by molar-refractivity contribution is 5.91. The molecule has 0 atom stereocenters. The van der Waals surface area contributed by atoms with Crippen molar-refractivity contribution >= 4 is 17.3 Å². The first-order valence-electron chi connectivity index (χ1n) is 8.35. The standard InChI is InChI=1S/C18H24N4O2/c1-12-13(2)22(18(24)19-12)10-8-17(23)20-15-6-7-16-14(11-15)5-4-9-21(16)3/h6-7,11H,4-5,8-10H2,1-3H3,(H,19,24)(H,20,23). The summed E-state index contributed by atoms with van der Waals surface area (Å²) in [5.41, 5.74) is 4.90. The molecule has 1 aromatic heterocycles. The summed E-state index contributed by atoms with van der Waals surface area (Å²) < 4.78 is 1.61. The Morgan fingerprint density at radius 1 is 1.33 bits per heavy atom. The SMILES string of the molecule is Cc1[nH]c(=O)n(CCC(=O)Nc2ccc3c(c2)CCCN3C)c1C. The second-order valence-electron chi connectivity index (χ2n) is 6.46. The van der Waals surface area contributed by atoms with Crippen LogP contribution >= 0.6 is 0 Å². The highest BCUT2D eigenvalue weighted by atomic mass is 16.2. The molecule has 6 heteroatoms. The molecule has 6 nitrogen and oxygen atoms in total. The Balaban J connectivity index is 1.64. The van der Waals surface area contributed by atoms with Gasteiger partial charge in [-0.25, -0.2) is 4.79 Å². The van der Waals surface area contributed by atoms with E-state index in [0.717, 1.165) is 36.5 Å². The van der Waals surface area contributed by atoms with Gasteiger partial charge in [0.25, 0.3) is 0 Å². The third-order valence-corrected chi connectivity index (χ3v) is 4.76. The Kier molecular flexibility index (Phi) is 4.46. The normalized spacial score (nSPS) is 13.7. The minimum absolute atomic E-state index is 0.0794. The van der Waals surface area contributed by atoms with Gasteiger partial charge >= 0.3 is 5.69 Å². The quantitative estimate of drug-likeness (QED) is 0.904. The van der Waals surface area contributed by atoms with Crippen LogP contribution in [-0.2, 0) is 17.8 Å². The summed E-state index contributed by atoms with van der Waals surface area (Å²) in [7, 11) is 2.09. The Hall–Kier alpha value is -2.50. The fraction of sp³-hybridized carbons (Fsp3) is 0.444. The lowest BCUT2D eigenvalue weighted by Gasteiger charge is -2.27. The average Bonchev–Trinajstić information content (AvgIpc) is 2.78. The molecule has 1 aliphatic rings. The molecule has 3 rings (SSSR count). The van der Waals surface area contributed by atoms with E-state index >= 15 is 0 Å². The molecule has 0 saturated carbocycles. The van der Waals surface area contributed by atoms with Crippen LogP contribution in [0.3, 0.4) is 0 Å². The fourth-order valence-corrected chi connectivity index (χ4v) is 3.24. The van der Waals surface area contributed by atoms with Crippen molar-refractivity contribution in [3.8, 4) is 0 Å². The van der Waals surface area contributed by atoms with Crippen LogP contribution in [0.4, 0.5) is 11.4 Å². The van der Waals surface area contributed by atoms with E-state index in [0.29, 0.717) is 6.54 Å². The number of imidazole rings is 1. The van der Waals surface area contributed by atoms with E-state index in [4.69, 9.17) is 0 Å². The maximum absolute atomic E-state index is 12.2. The molecule has 0 radical (unpaired) electrons. The van der Waals surface area contributed by atoms with Crippen molar-refractivity contribution in [2.75, 3.05) is 23.8 Å². The van der Waals surface area contributed by atoms with Gasteiger partial charge in [-0.3, -0.25) is 9.36 Å². The molecule has 1 aromatic carbocycles. The number of nitrogens with one attached hydrogen (secondary N) is 2. The van der Waals surface area contributed by atoms with Crippen LogP contribution in [0, 0.1) is 13.8 Å². The zero-order valence-corrected chi connectivity index (χ0v) is 14.5.